The molecular weight excluding hydrogens is 232 g/mol. The van der Waals surface area contributed by atoms with E-state index in [9.17, 15) is 9.90 Å². The van der Waals surface area contributed by atoms with Crippen LogP contribution in [0, 0.1) is 0 Å². The Morgan fingerprint density at radius 1 is 1.50 bits per heavy atom. The predicted molar refractivity (Wildman–Crippen MR) is 65.6 cm³/mol. The van der Waals surface area contributed by atoms with Gasteiger partial charge in [0.05, 0.1) is 12.7 Å². The van der Waals surface area contributed by atoms with Crippen LogP contribution < -0.4 is 0 Å². The Morgan fingerprint density at radius 2 is 2.22 bits per heavy atom. The minimum atomic E-state index is -0.631. The van der Waals surface area contributed by atoms with E-state index in [2.05, 4.69) is 0 Å². The van der Waals surface area contributed by atoms with Crippen LogP contribution >= 0.6 is 0 Å². The third-order valence-electron chi connectivity index (χ3n) is 2.73. The number of carbonyl (C=O) groups is 1. The summed E-state index contributed by atoms with van der Waals surface area (Å²) in [7, 11) is 0. The first-order valence-electron chi connectivity index (χ1n) is 5.97. The van der Waals surface area contributed by atoms with Crippen molar-refractivity contribution < 1.29 is 19.4 Å². The van der Waals surface area contributed by atoms with Gasteiger partial charge < -0.3 is 14.6 Å². The number of aliphatic hydroxyl groups excluding tert-OH is 1. The molecule has 1 aliphatic heterocycles. The Labute approximate surface area is 106 Å². The van der Waals surface area contributed by atoms with Gasteiger partial charge >= 0.3 is 5.97 Å². The van der Waals surface area contributed by atoms with Gasteiger partial charge in [-0.3, -0.25) is 0 Å². The second-order valence-electron chi connectivity index (χ2n) is 4.08. The Kier molecular flexibility index (Phi) is 3.99. The fourth-order valence-electron chi connectivity index (χ4n) is 1.94. The second-order valence-corrected chi connectivity index (χ2v) is 4.08. The first-order chi connectivity index (χ1) is 8.70. The summed E-state index contributed by atoms with van der Waals surface area (Å²) in [5.41, 5.74) is 0.900. The number of benzene rings is 1. The molecule has 96 valence electrons. The molecule has 2 rings (SSSR count). The van der Waals surface area contributed by atoms with E-state index in [4.69, 9.17) is 9.47 Å². The number of rotatable bonds is 3. The van der Waals surface area contributed by atoms with Crippen molar-refractivity contribution in [3.05, 3.63) is 47.7 Å². The zero-order valence-corrected chi connectivity index (χ0v) is 10.2. The van der Waals surface area contributed by atoms with E-state index in [1.807, 2.05) is 30.3 Å². The summed E-state index contributed by atoms with van der Waals surface area (Å²) in [6, 6.07) is 9.46. The predicted octanol–water partition coefficient (Wildman–Crippen LogP) is 1.96. The van der Waals surface area contributed by atoms with Crippen LogP contribution in [0.2, 0.25) is 0 Å². The molecule has 1 N–H and O–H groups in total. The van der Waals surface area contributed by atoms with Gasteiger partial charge in [-0.1, -0.05) is 30.3 Å². The molecule has 1 saturated heterocycles. The molecule has 0 aromatic heterocycles. The van der Waals surface area contributed by atoms with Gasteiger partial charge in [0.2, 0.25) is 0 Å². The van der Waals surface area contributed by atoms with Crippen molar-refractivity contribution in [2.45, 2.75) is 25.6 Å². The highest BCUT2D eigenvalue weighted by Gasteiger charge is 2.32. The van der Waals surface area contributed by atoms with E-state index in [0.29, 0.717) is 18.8 Å². The SMILES string of the molecule is CCOC(=O)/C=C1\C[C@H](O)[C@H](c2ccccc2)O1. The maximum Gasteiger partial charge on any atom is 0.334 e. The number of hydrogen-bond acceptors (Lipinski definition) is 4. The average molecular weight is 248 g/mol. The monoisotopic (exact) mass is 248 g/mol. The molecule has 4 heteroatoms. The highest BCUT2D eigenvalue weighted by atomic mass is 16.5. The van der Waals surface area contributed by atoms with Gasteiger partial charge in [-0.2, -0.15) is 0 Å². The summed E-state index contributed by atoms with van der Waals surface area (Å²) in [6.45, 7) is 2.07. The summed E-state index contributed by atoms with van der Waals surface area (Å²) in [4.78, 5) is 11.3. The van der Waals surface area contributed by atoms with Crippen molar-refractivity contribution in [3.8, 4) is 0 Å². The van der Waals surface area contributed by atoms with Crippen LogP contribution in [-0.2, 0) is 14.3 Å². The zero-order valence-electron chi connectivity index (χ0n) is 10.2. The Bertz CT molecular complexity index is 438. The lowest BCUT2D eigenvalue weighted by molar-refractivity contribution is -0.137. The van der Waals surface area contributed by atoms with Crippen LogP contribution in [-0.4, -0.2) is 23.8 Å². The number of aliphatic hydroxyl groups is 1. The molecule has 0 unspecified atom stereocenters. The minimum Gasteiger partial charge on any atom is -0.487 e. The van der Waals surface area contributed by atoms with Crippen LogP contribution in [0.3, 0.4) is 0 Å². The van der Waals surface area contributed by atoms with Crippen LogP contribution in [0.4, 0.5) is 0 Å². The van der Waals surface area contributed by atoms with E-state index in [1.54, 1.807) is 6.92 Å². The molecule has 4 nitrogen and oxygen atoms in total. The summed E-state index contributed by atoms with van der Waals surface area (Å²) < 4.78 is 10.4. The number of hydrogen-bond donors (Lipinski definition) is 1. The standard InChI is InChI=1S/C14H16O4/c1-2-17-13(16)9-11-8-12(15)14(18-11)10-6-4-3-5-7-10/h3-7,9,12,14-15H,2,8H2,1H3/b11-9+/t12-,14-/m0/s1. The third kappa shape index (κ3) is 2.90. The van der Waals surface area contributed by atoms with E-state index < -0.39 is 18.2 Å². The van der Waals surface area contributed by atoms with E-state index in [0.717, 1.165) is 5.56 Å². The van der Waals surface area contributed by atoms with Gasteiger partial charge in [0.15, 0.2) is 0 Å². The molecule has 1 heterocycles. The molecule has 0 amide bonds. The molecule has 0 spiro atoms. The summed E-state index contributed by atoms with van der Waals surface area (Å²) in [5, 5.41) is 9.94. The van der Waals surface area contributed by atoms with Gasteiger partial charge in [0.1, 0.15) is 18.0 Å². The molecule has 0 saturated carbocycles. The van der Waals surface area contributed by atoms with Crippen molar-refractivity contribution in [1.82, 2.24) is 0 Å². The van der Waals surface area contributed by atoms with Crippen molar-refractivity contribution in [1.29, 1.82) is 0 Å². The molecule has 0 aliphatic carbocycles. The first kappa shape index (κ1) is 12.6. The van der Waals surface area contributed by atoms with Gasteiger partial charge in [0.25, 0.3) is 0 Å². The van der Waals surface area contributed by atoms with E-state index >= 15 is 0 Å². The minimum absolute atomic E-state index is 0.327. The summed E-state index contributed by atoms with van der Waals surface area (Å²) in [5.74, 6) is 0.0308. The molecule has 0 bridgehead atoms. The number of carbonyl (C=O) groups excluding carboxylic acids is 1. The van der Waals surface area contributed by atoms with E-state index in [-0.39, 0.29) is 0 Å². The fraction of sp³-hybridized carbons (Fsp3) is 0.357. The maximum absolute atomic E-state index is 11.3. The normalized spacial score (nSPS) is 24.9. The summed E-state index contributed by atoms with van der Waals surface area (Å²) >= 11 is 0. The van der Waals surface area contributed by atoms with Crippen molar-refractivity contribution >= 4 is 5.97 Å². The van der Waals surface area contributed by atoms with E-state index in [1.165, 1.54) is 6.08 Å². The van der Waals surface area contributed by atoms with Crippen LogP contribution in [0.25, 0.3) is 0 Å². The summed E-state index contributed by atoms with van der Waals surface area (Å²) in [6.07, 6.45) is 0.591. The Balaban J connectivity index is 2.08. The first-order valence-corrected chi connectivity index (χ1v) is 5.97. The molecule has 1 fully saturated rings. The number of ether oxygens (including phenoxy) is 2. The van der Waals surface area contributed by atoms with Crippen LogP contribution in [0.5, 0.6) is 0 Å². The smallest absolute Gasteiger partial charge is 0.334 e. The molecular formula is C14H16O4. The van der Waals surface area contributed by atoms with Crippen LogP contribution in [0.1, 0.15) is 25.0 Å². The Morgan fingerprint density at radius 3 is 2.89 bits per heavy atom. The third-order valence-corrected chi connectivity index (χ3v) is 2.73. The lowest BCUT2D eigenvalue weighted by Crippen LogP contribution is -2.11. The average Bonchev–Trinajstić information content (AvgIpc) is 2.71. The zero-order chi connectivity index (χ0) is 13.0. The Hall–Kier alpha value is -1.81. The fourth-order valence-corrected chi connectivity index (χ4v) is 1.94. The maximum atomic E-state index is 11.3. The molecule has 1 aromatic rings. The lowest BCUT2D eigenvalue weighted by atomic mass is 10.0. The highest BCUT2D eigenvalue weighted by Crippen LogP contribution is 2.35. The van der Waals surface area contributed by atoms with Crippen molar-refractivity contribution in [2.24, 2.45) is 0 Å². The van der Waals surface area contributed by atoms with Gasteiger partial charge in [-0.25, -0.2) is 4.79 Å². The molecule has 1 aliphatic rings. The second kappa shape index (κ2) is 5.69. The van der Waals surface area contributed by atoms with Gasteiger partial charge in [0, 0.05) is 6.42 Å². The molecule has 0 radical (unpaired) electrons. The van der Waals surface area contributed by atoms with Crippen LogP contribution in [0.15, 0.2) is 42.2 Å². The highest BCUT2D eigenvalue weighted by molar-refractivity contribution is 5.82. The quantitative estimate of drug-likeness (QED) is 0.656. The lowest BCUT2D eigenvalue weighted by Gasteiger charge is -2.13. The van der Waals surface area contributed by atoms with Crippen molar-refractivity contribution in [2.75, 3.05) is 6.61 Å². The molecule has 2 atom stereocenters. The number of esters is 1. The van der Waals surface area contributed by atoms with Crippen molar-refractivity contribution in [3.63, 3.8) is 0 Å². The van der Waals surface area contributed by atoms with Gasteiger partial charge in [-0.15, -0.1) is 0 Å². The molecule has 18 heavy (non-hydrogen) atoms. The van der Waals surface area contributed by atoms with Gasteiger partial charge in [-0.05, 0) is 12.5 Å². The largest absolute Gasteiger partial charge is 0.487 e. The molecule has 1 aromatic carbocycles. The topological polar surface area (TPSA) is 55.8 Å².